The number of hydrogen-bond acceptors (Lipinski definition) is 1. The van der Waals surface area contributed by atoms with E-state index in [-0.39, 0.29) is 11.1 Å². The first-order chi connectivity index (χ1) is 9.06. The van der Waals surface area contributed by atoms with Crippen LogP contribution in [0.4, 0.5) is 8.78 Å². The fourth-order valence-corrected chi connectivity index (χ4v) is 2.08. The number of nitrogens with one attached hydrogen (secondary N) is 1. The Morgan fingerprint density at radius 2 is 1.79 bits per heavy atom. The number of aromatic amines is 1. The number of H-pyrrole nitrogens is 1. The van der Waals surface area contributed by atoms with E-state index in [1.54, 1.807) is 6.07 Å². The molecule has 2 nitrogen and oxygen atoms in total. The van der Waals surface area contributed by atoms with Crippen molar-refractivity contribution in [3.63, 3.8) is 0 Å². The number of halogens is 2. The largest absolute Gasteiger partial charge is 0.338 e. The molecule has 3 rings (SSSR count). The molecule has 96 valence electrons. The first-order valence-corrected chi connectivity index (χ1v) is 5.97. The molecule has 1 N–H and O–H groups in total. The highest BCUT2D eigenvalue weighted by atomic mass is 19.2. The second kappa shape index (κ2) is 4.16. The monoisotopic (exact) mass is 258 g/mol. The van der Waals surface area contributed by atoms with Crippen LogP contribution in [0.3, 0.4) is 0 Å². The van der Waals surface area contributed by atoms with E-state index >= 15 is 0 Å². The smallest absolute Gasteiger partial charge is 0.170 e. The van der Waals surface area contributed by atoms with Crippen LogP contribution in [-0.4, -0.2) is 9.97 Å². The lowest BCUT2D eigenvalue weighted by Gasteiger charge is -2.02. The zero-order chi connectivity index (χ0) is 13.6. The van der Waals surface area contributed by atoms with Gasteiger partial charge in [0.05, 0.1) is 16.6 Å². The second-order valence-corrected chi connectivity index (χ2v) is 4.66. The first-order valence-electron chi connectivity index (χ1n) is 5.97. The van der Waals surface area contributed by atoms with Crippen molar-refractivity contribution in [1.29, 1.82) is 0 Å². The summed E-state index contributed by atoms with van der Waals surface area (Å²) in [5.74, 6) is -1.35. The van der Waals surface area contributed by atoms with Gasteiger partial charge in [0, 0.05) is 0 Å². The average Bonchev–Trinajstić information content (AvgIpc) is 2.78. The number of aromatic nitrogens is 2. The molecule has 0 saturated carbocycles. The number of nitrogens with zero attached hydrogens (tertiary/aromatic N) is 1. The van der Waals surface area contributed by atoms with Gasteiger partial charge in [-0.2, -0.15) is 0 Å². The Bertz CT molecular complexity index is 775. The summed E-state index contributed by atoms with van der Waals surface area (Å²) >= 11 is 0. The molecule has 0 aliphatic carbocycles. The Morgan fingerprint density at radius 3 is 2.58 bits per heavy atom. The van der Waals surface area contributed by atoms with Gasteiger partial charge < -0.3 is 4.98 Å². The summed E-state index contributed by atoms with van der Waals surface area (Å²) in [5.41, 5.74) is 3.07. The molecule has 19 heavy (non-hydrogen) atoms. The van der Waals surface area contributed by atoms with Crippen molar-refractivity contribution < 1.29 is 8.78 Å². The minimum atomic E-state index is -0.865. The van der Waals surface area contributed by atoms with Gasteiger partial charge in [0.25, 0.3) is 0 Å². The average molecular weight is 258 g/mol. The van der Waals surface area contributed by atoms with Crippen molar-refractivity contribution in [2.24, 2.45) is 0 Å². The van der Waals surface area contributed by atoms with Crippen LogP contribution in [0, 0.1) is 25.5 Å². The van der Waals surface area contributed by atoms with Crippen LogP contribution >= 0.6 is 0 Å². The SMILES string of the molecule is Cc1ccc2nc(-c3ccc(C)c(F)c3F)[nH]c2c1. The van der Waals surface area contributed by atoms with Crippen LogP contribution in [0.2, 0.25) is 0 Å². The van der Waals surface area contributed by atoms with Gasteiger partial charge in [-0.1, -0.05) is 12.1 Å². The van der Waals surface area contributed by atoms with Crippen LogP contribution < -0.4 is 0 Å². The number of benzene rings is 2. The molecule has 4 heteroatoms. The van der Waals surface area contributed by atoms with Gasteiger partial charge in [0.1, 0.15) is 5.82 Å². The quantitative estimate of drug-likeness (QED) is 0.698. The van der Waals surface area contributed by atoms with E-state index in [1.807, 2.05) is 25.1 Å². The van der Waals surface area contributed by atoms with Crippen molar-refractivity contribution in [2.45, 2.75) is 13.8 Å². The van der Waals surface area contributed by atoms with E-state index < -0.39 is 11.6 Å². The zero-order valence-electron chi connectivity index (χ0n) is 10.6. The van der Waals surface area contributed by atoms with Crippen molar-refractivity contribution in [3.05, 3.63) is 53.1 Å². The minimum Gasteiger partial charge on any atom is -0.338 e. The first kappa shape index (κ1) is 11.8. The summed E-state index contributed by atoms with van der Waals surface area (Å²) in [7, 11) is 0. The summed E-state index contributed by atoms with van der Waals surface area (Å²) in [5, 5.41) is 0. The molecule has 1 heterocycles. The third kappa shape index (κ3) is 1.89. The maximum absolute atomic E-state index is 13.9. The highest BCUT2D eigenvalue weighted by Crippen LogP contribution is 2.26. The van der Waals surface area contributed by atoms with Crippen LogP contribution in [0.1, 0.15) is 11.1 Å². The molecule has 3 aromatic rings. The van der Waals surface area contributed by atoms with Crippen LogP contribution in [0.15, 0.2) is 30.3 Å². The van der Waals surface area contributed by atoms with Crippen molar-refractivity contribution >= 4 is 11.0 Å². The molecule has 2 aromatic carbocycles. The molecule has 0 atom stereocenters. The molecule has 1 aromatic heterocycles. The molecule has 0 amide bonds. The Labute approximate surface area is 109 Å². The molecule has 0 aliphatic heterocycles. The number of imidazole rings is 1. The third-order valence-electron chi connectivity index (χ3n) is 3.17. The lowest BCUT2D eigenvalue weighted by molar-refractivity contribution is 0.505. The third-order valence-corrected chi connectivity index (χ3v) is 3.17. The fraction of sp³-hybridized carbons (Fsp3) is 0.133. The predicted octanol–water partition coefficient (Wildman–Crippen LogP) is 4.12. The van der Waals surface area contributed by atoms with Gasteiger partial charge in [-0.05, 0) is 43.2 Å². The van der Waals surface area contributed by atoms with Crippen molar-refractivity contribution in [2.75, 3.05) is 0 Å². The Hall–Kier alpha value is -2.23. The van der Waals surface area contributed by atoms with Gasteiger partial charge in [-0.3, -0.25) is 0 Å². The maximum atomic E-state index is 13.9. The maximum Gasteiger partial charge on any atom is 0.170 e. The Balaban J connectivity index is 2.22. The van der Waals surface area contributed by atoms with Gasteiger partial charge in [-0.15, -0.1) is 0 Å². The van der Waals surface area contributed by atoms with E-state index in [0.29, 0.717) is 5.82 Å². The summed E-state index contributed by atoms with van der Waals surface area (Å²) < 4.78 is 27.5. The molecule has 0 aliphatic rings. The van der Waals surface area contributed by atoms with Gasteiger partial charge in [0.15, 0.2) is 11.6 Å². The summed E-state index contributed by atoms with van der Waals surface area (Å²) in [6.45, 7) is 3.50. The van der Waals surface area contributed by atoms with Crippen LogP contribution in [-0.2, 0) is 0 Å². The van der Waals surface area contributed by atoms with E-state index in [4.69, 9.17) is 0 Å². The van der Waals surface area contributed by atoms with Gasteiger partial charge in [0.2, 0.25) is 0 Å². The molecule has 0 unspecified atom stereocenters. The van der Waals surface area contributed by atoms with E-state index in [2.05, 4.69) is 9.97 Å². The molecular weight excluding hydrogens is 246 g/mol. The lowest BCUT2D eigenvalue weighted by atomic mass is 10.1. The molecule has 0 radical (unpaired) electrons. The lowest BCUT2D eigenvalue weighted by Crippen LogP contribution is -1.94. The highest BCUT2D eigenvalue weighted by Gasteiger charge is 2.15. The Morgan fingerprint density at radius 1 is 1.00 bits per heavy atom. The fourth-order valence-electron chi connectivity index (χ4n) is 2.08. The summed E-state index contributed by atoms with van der Waals surface area (Å²) in [6, 6.07) is 8.80. The molecule has 0 bridgehead atoms. The number of aryl methyl sites for hydroxylation is 2. The Kier molecular flexibility index (Phi) is 2.59. The van der Waals surface area contributed by atoms with E-state index in [1.165, 1.54) is 13.0 Å². The predicted molar refractivity (Wildman–Crippen MR) is 70.9 cm³/mol. The number of fused-ring (bicyclic) bond motifs is 1. The van der Waals surface area contributed by atoms with Crippen molar-refractivity contribution in [3.8, 4) is 11.4 Å². The summed E-state index contributed by atoms with van der Waals surface area (Å²) in [4.78, 5) is 7.32. The molecule has 0 saturated heterocycles. The van der Waals surface area contributed by atoms with Crippen LogP contribution in [0.25, 0.3) is 22.4 Å². The standard InChI is InChI=1S/C15H12F2N2/c1-8-3-6-11-12(7-8)19-15(18-11)10-5-4-9(2)13(16)14(10)17/h3-7H,1-2H3,(H,18,19). The zero-order valence-corrected chi connectivity index (χ0v) is 10.6. The minimum absolute atomic E-state index is 0.150. The van der Waals surface area contributed by atoms with Crippen molar-refractivity contribution in [1.82, 2.24) is 9.97 Å². The molecule has 0 spiro atoms. The summed E-state index contributed by atoms with van der Waals surface area (Å²) in [6.07, 6.45) is 0. The normalized spacial score (nSPS) is 11.2. The van der Waals surface area contributed by atoms with Gasteiger partial charge in [-0.25, -0.2) is 13.8 Å². The highest BCUT2D eigenvalue weighted by molar-refractivity contribution is 5.80. The molecular formula is C15H12F2N2. The van der Waals surface area contributed by atoms with E-state index in [0.717, 1.165) is 16.6 Å². The molecule has 0 fully saturated rings. The second-order valence-electron chi connectivity index (χ2n) is 4.66. The number of rotatable bonds is 1. The van der Waals surface area contributed by atoms with E-state index in [9.17, 15) is 8.78 Å². The van der Waals surface area contributed by atoms with Crippen LogP contribution in [0.5, 0.6) is 0 Å². The van der Waals surface area contributed by atoms with Gasteiger partial charge >= 0.3 is 0 Å². The number of hydrogen-bond donors (Lipinski definition) is 1. The topological polar surface area (TPSA) is 28.7 Å².